The fraction of sp³-hybridized carbons (Fsp3) is 0.417. The molecule has 6 nitrogen and oxygen atoms in total. The van der Waals surface area contributed by atoms with Gasteiger partial charge in [0, 0.05) is 32.0 Å². The Morgan fingerprint density at radius 1 is 0.967 bits per heavy atom. The van der Waals surface area contributed by atoms with Crippen molar-refractivity contribution in [3.8, 4) is 0 Å². The summed E-state index contributed by atoms with van der Waals surface area (Å²) in [7, 11) is 4.03. The molecule has 0 unspecified atom stereocenters. The largest absolute Gasteiger partial charge is 0.378 e. The maximum atomic E-state index is 12.4. The lowest BCUT2D eigenvalue weighted by Crippen LogP contribution is -2.41. The molecule has 0 saturated carbocycles. The average Bonchev–Trinajstić information content (AvgIpc) is 3.29. The van der Waals surface area contributed by atoms with Crippen molar-refractivity contribution in [2.24, 2.45) is 0 Å². The molecule has 0 aromatic heterocycles. The minimum absolute atomic E-state index is 0.0595. The maximum absolute atomic E-state index is 12.4. The zero-order chi connectivity index (χ0) is 21.5. The lowest BCUT2D eigenvalue weighted by Gasteiger charge is -2.28. The SMILES string of the molecule is CCc1ccc(NC(=O)C(=O)NC[C@H](c2ccc(N(C)C)cc2)N2CCCC2)cc1. The van der Waals surface area contributed by atoms with Crippen molar-refractivity contribution in [1.82, 2.24) is 10.2 Å². The lowest BCUT2D eigenvalue weighted by molar-refractivity contribution is -0.136. The number of benzene rings is 2. The van der Waals surface area contributed by atoms with Crippen LogP contribution in [-0.4, -0.2) is 50.4 Å². The Kier molecular flexibility index (Phi) is 7.46. The van der Waals surface area contributed by atoms with Gasteiger partial charge in [-0.15, -0.1) is 0 Å². The molecule has 0 radical (unpaired) electrons. The summed E-state index contributed by atoms with van der Waals surface area (Å²) in [6.45, 7) is 4.49. The number of likely N-dealkylation sites (tertiary alicyclic amines) is 1. The van der Waals surface area contributed by atoms with Gasteiger partial charge in [0.15, 0.2) is 0 Å². The third-order valence-corrected chi connectivity index (χ3v) is 5.66. The summed E-state index contributed by atoms with van der Waals surface area (Å²) in [6.07, 6.45) is 3.26. The van der Waals surface area contributed by atoms with Crippen LogP contribution in [0.25, 0.3) is 0 Å². The van der Waals surface area contributed by atoms with E-state index in [2.05, 4.69) is 51.6 Å². The van der Waals surface area contributed by atoms with Crippen molar-refractivity contribution >= 4 is 23.2 Å². The number of nitrogens with one attached hydrogen (secondary N) is 2. The van der Waals surface area contributed by atoms with Crippen LogP contribution in [0.15, 0.2) is 48.5 Å². The number of nitrogens with zero attached hydrogens (tertiary/aromatic N) is 2. The smallest absolute Gasteiger partial charge is 0.313 e. The highest BCUT2D eigenvalue weighted by Crippen LogP contribution is 2.26. The van der Waals surface area contributed by atoms with Crippen molar-refractivity contribution in [1.29, 1.82) is 0 Å². The van der Waals surface area contributed by atoms with Gasteiger partial charge < -0.3 is 15.5 Å². The van der Waals surface area contributed by atoms with E-state index in [1.165, 1.54) is 5.56 Å². The summed E-state index contributed by atoms with van der Waals surface area (Å²) < 4.78 is 0. The monoisotopic (exact) mass is 408 g/mol. The van der Waals surface area contributed by atoms with Crippen LogP contribution in [0.2, 0.25) is 0 Å². The van der Waals surface area contributed by atoms with E-state index < -0.39 is 11.8 Å². The first-order valence-corrected chi connectivity index (χ1v) is 10.7. The number of amides is 2. The summed E-state index contributed by atoms with van der Waals surface area (Å²) >= 11 is 0. The Hall–Kier alpha value is -2.86. The molecule has 2 aromatic carbocycles. The van der Waals surface area contributed by atoms with Crippen LogP contribution in [0.1, 0.15) is 36.9 Å². The van der Waals surface area contributed by atoms with Gasteiger partial charge in [-0.25, -0.2) is 0 Å². The van der Waals surface area contributed by atoms with Gasteiger partial charge in [0.1, 0.15) is 0 Å². The first-order valence-electron chi connectivity index (χ1n) is 10.7. The molecule has 2 aromatic rings. The van der Waals surface area contributed by atoms with Crippen LogP contribution >= 0.6 is 0 Å². The topological polar surface area (TPSA) is 64.7 Å². The average molecular weight is 409 g/mol. The fourth-order valence-electron chi connectivity index (χ4n) is 3.79. The molecule has 2 N–H and O–H groups in total. The number of rotatable bonds is 7. The van der Waals surface area contributed by atoms with Gasteiger partial charge >= 0.3 is 11.8 Å². The molecule has 1 saturated heterocycles. The predicted molar refractivity (Wildman–Crippen MR) is 122 cm³/mol. The van der Waals surface area contributed by atoms with Crippen molar-refractivity contribution < 1.29 is 9.59 Å². The third kappa shape index (κ3) is 5.60. The number of hydrogen-bond donors (Lipinski definition) is 2. The first-order chi connectivity index (χ1) is 14.5. The van der Waals surface area contributed by atoms with Gasteiger partial charge in [-0.2, -0.15) is 0 Å². The van der Waals surface area contributed by atoms with Crippen molar-refractivity contribution in [2.45, 2.75) is 32.2 Å². The predicted octanol–water partition coefficient (Wildman–Crippen LogP) is 3.21. The molecule has 3 rings (SSSR count). The van der Waals surface area contributed by atoms with Crippen LogP contribution in [0.4, 0.5) is 11.4 Å². The highest BCUT2D eigenvalue weighted by Gasteiger charge is 2.25. The lowest BCUT2D eigenvalue weighted by atomic mass is 10.0. The molecular weight excluding hydrogens is 376 g/mol. The molecule has 0 aliphatic carbocycles. The van der Waals surface area contributed by atoms with E-state index in [4.69, 9.17) is 0 Å². The van der Waals surface area contributed by atoms with E-state index in [0.717, 1.165) is 43.6 Å². The second-order valence-corrected chi connectivity index (χ2v) is 7.96. The van der Waals surface area contributed by atoms with Gasteiger partial charge in [-0.3, -0.25) is 14.5 Å². The Bertz CT molecular complexity index is 841. The number of aryl methyl sites for hydroxylation is 1. The summed E-state index contributed by atoms with van der Waals surface area (Å²) in [5.41, 5.74) is 4.10. The second-order valence-electron chi connectivity index (χ2n) is 7.96. The van der Waals surface area contributed by atoms with Gasteiger partial charge in [0.25, 0.3) is 0 Å². The summed E-state index contributed by atoms with van der Waals surface area (Å²) in [5, 5.41) is 5.51. The molecule has 30 heavy (non-hydrogen) atoms. The quantitative estimate of drug-likeness (QED) is 0.691. The zero-order valence-electron chi connectivity index (χ0n) is 18.1. The summed E-state index contributed by atoms with van der Waals surface area (Å²) in [5.74, 6) is -1.24. The van der Waals surface area contributed by atoms with E-state index >= 15 is 0 Å². The molecule has 2 amide bonds. The third-order valence-electron chi connectivity index (χ3n) is 5.66. The van der Waals surface area contributed by atoms with Gasteiger partial charge in [0.05, 0.1) is 6.04 Å². The molecule has 1 fully saturated rings. The van der Waals surface area contributed by atoms with E-state index in [1.54, 1.807) is 0 Å². The van der Waals surface area contributed by atoms with Gasteiger partial charge in [-0.1, -0.05) is 31.2 Å². The number of carbonyl (C=O) groups is 2. The maximum Gasteiger partial charge on any atom is 0.313 e. The minimum Gasteiger partial charge on any atom is -0.378 e. The molecule has 6 heteroatoms. The molecule has 160 valence electrons. The van der Waals surface area contributed by atoms with Crippen LogP contribution in [0.5, 0.6) is 0 Å². The van der Waals surface area contributed by atoms with Crippen molar-refractivity contribution in [2.75, 3.05) is 43.9 Å². The van der Waals surface area contributed by atoms with Crippen LogP contribution in [0.3, 0.4) is 0 Å². The molecule has 0 spiro atoms. The Morgan fingerprint density at radius 3 is 2.17 bits per heavy atom. The molecule has 1 heterocycles. The number of carbonyl (C=O) groups excluding carboxylic acids is 2. The highest BCUT2D eigenvalue weighted by molar-refractivity contribution is 6.39. The molecule has 1 aliphatic rings. The van der Waals surface area contributed by atoms with E-state index in [9.17, 15) is 9.59 Å². The molecule has 1 aliphatic heterocycles. The number of anilines is 2. The first kappa shape index (κ1) is 21.8. The van der Waals surface area contributed by atoms with Crippen LogP contribution < -0.4 is 15.5 Å². The fourth-order valence-corrected chi connectivity index (χ4v) is 3.79. The normalized spacial score (nSPS) is 14.9. The van der Waals surface area contributed by atoms with Crippen LogP contribution in [-0.2, 0) is 16.0 Å². The van der Waals surface area contributed by atoms with Crippen LogP contribution in [0, 0.1) is 0 Å². The van der Waals surface area contributed by atoms with E-state index in [0.29, 0.717) is 12.2 Å². The summed E-state index contributed by atoms with van der Waals surface area (Å²) in [6, 6.07) is 16.0. The van der Waals surface area contributed by atoms with Gasteiger partial charge in [0.2, 0.25) is 0 Å². The minimum atomic E-state index is -0.637. The molecule has 1 atom stereocenters. The Labute approximate surface area is 179 Å². The van der Waals surface area contributed by atoms with Crippen molar-refractivity contribution in [3.63, 3.8) is 0 Å². The van der Waals surface area contributed by atoms with E-state index in [1.807, 2.05) is 38.4 Å². The zero-order valence-corrected chi connectivity index (χ0v) is 18.1. The molecule has 0 bridgehead atoms. The standard InChI is InChI=1S/C24H32N4O2/c1-4-18-7-11-20(12-8-18)26-24(30)23(29)25-17-22(28-15-5-6-16-28)19-9-13-21(14-10-19)27(2)3/h7-14,22H,4-6,15-17H2,1-3H3,(H,25,29)(H,26,30)/t22-/m1/s1. The van der Waals surface area contributed by atoms with Crippen molar-refractivity contribution in [3.05, 3.63) is 59.7 Å². The van der Waals surface area contributed by atoms with E-state index in [-0.39, 0.29) is 6.04 Å². The highest BCUT2D eigenvalue weighted by atomic mass is 16.2. The Morgan fingerprint density at radius 2 is 1.60 bits per heavy atom. The van der Waals surface area contributed by atoms with Gasteiger partial charge in [-0.05, 0) is 67.7 Å². The molecular formula is C24H32N4O2. The number of hydrogen-bond acceptors (Lipinski definition) is 4. The Balaban J connectivity index is 1.62. The second kappa shape index (κ2) is 10.3. The summed E-state index contributed by atoms with van der Waals surface area (Å²) in [4.78, 5) is 29.2.